The molecular formula is C29H50O6Si2. The summed E-state index contributed by atoms with van der Waals surface area (Å²) in [5.74, 6) is 0.232. The second kappa shape index (κ2) is 11.1. The van der Waals surface area contributed by atoms with Crippen LogP contribution < -0.4 is 4.43 Å². The molecule has 0 amide bonds. The van der Waals surface area contributed by atoms with Crippen LogP contribution in [-0.4, -0.2) is 58.7 Å². The van der Waals surface area contributed by atoms with Crippen molar-refractivity contribution in [3.63, 3.8) is 0 Å². The Labute approximate surface area is 226 Å². The molecule has 1 fully saturated rings. The van der Waals surface area contributed by atoms with E-state index in [0.29, 0.717) is 30.6 Å². The number of aliphatic hydroxyl groups excluding tert-OH is 1. The smallest absolute Gasteiger partial charge is 0.342 e. The van der Waals surface area contributed by atoms with E-state index in [2.05, 4.69) is 67.7 Å². The molecule has 1 N–H and O–H groups in total. The first-order valence-corrected chi connectivity index (χ1v) is 19.7. The van der Waals surface area contributed by atoms with E-state index in [0.717, 1.165) is 18.4 Å². The van der Waals surface area contributed by atoms with Crippen molar-refractivity contribution in [3.05, 3.63) is 29.3 Å². The molecule has 0 saturated carbocycles. The highest BCUT2D eigenvalue weighted by atomic mass is 28.4. The quantitative estimate of drug-likeness (QED) is 0.308. The molecule has 1 saturated heterocycles. The second-order valence-electron chi connectivity index (χ2n) is 14.0. The first-order chi connectivity index (χ1) is 16.9. The zero-order valence-electron chi connectivity index (χ0n) is 24.8. The molecule has 37 heavy (non-hydrogen) atoms. The van der Waals surface area contributed by atoms with E-state index in [9.17, 15) is 9.90 Å². The van der Waals surface area contributed by atoms with Crippen molar-refractivity contribution in [3.8, 4) is 5.75 Å². The minimum Gasteiger partial charge on any atom is -0.543 e. The average molecular weight is 551 g/mol. The van der Waals surface area contributed by atoms with E-state index in [4.69, 9.17) is 18.3 Å². The van der Waals surface area contributed by atoms with Crippen LogP contribution in [0.25, 0.3) is 0 Å². The minimum absolute atomic E-state index is 0.0109. The lowest BCUT2D eigenvalue weighted by atomic mass is 9.91. The van der Waals surface area contributed by atoms with Crippen LogP contribution in [0.4, 0.5) is 0 Å². The summed E-state index contributed by atoms with van der Waals surface area (Å²) in [6.07, 6.45) is 2.66. The largest absolute Gasteiger partial charge is 0.543 e. The number of benzene rings is 1. The number of carbonyl (C=O) groups excluding carboxylic acids is 1. The lowest BCUT2D eigenvalue weighted by molar-refractivity contribution is -0.108. The molecule has 2 heterocycles. The third kappa shape index (κ3) is 7.26. The van der Waals surface area contributed by atoms with Crippen LogP contribution in [0, 0.1) is 0 Å². The monoisotopic (exact) mass is 550 g/mol. The highest BCUT2D eigenvalue weighted by Crippen LogP contribution is 2.42. The number of hydrogen-bond acceptors (Lipinski definition) is 6. The number of carbonyl (C=O) groups is 1. The summed E-state index contributed by atoms with van der Waals surface area (Å²) in [7, 11) is -4.15. The normalized spacial score (nSPS) is 25.8. The molecule has 0 aromatic heterocycles. The number of cyclic esters (lactones) is 1. The predicted molar refractivity (Wildman–Crippen MR) is 153 cm³/mol. The summed E-state index contributed by atoms with van der Waals surface area (Å²) in [5, 5.41) is 9.85. The van der Waals surface area contributed by atoms with Gasteiger partial charge in [-0.3, -0.25) is 0 Å². The van der Waals surface area contributed by atoms with E-state index in [1.165, 1.54) is 0 Å². The van der Waals surface area contributed by atoms with E-state index in [1.807, 2.05) is 18.2 Å². The molecule has 2 aliphatic heterocycles. The molecule has 2 aliphatic rings. The second-order valence-corrected chi connectivity index (χ2v) is 23.5. The van der Waals surface area contributed by atoms with Crippen LogP contribution in [0.3, 0.4) is 0 Å². The van der Waals surface area contributed by atoms with Gasteiger partial charge in [0, 0.05) is 25.6 Å². The van der Waals surface area contributed by atoms with Gasteiger partial charge in [0.15, 0.2) is 8.32 Å². The van der Waals surface area contributed by atoms with Gasteiger partial charge in [-0.2, -0.15) is 0 Å². The maximum absolute atomic E-state index is 13.6. The molecule has 3 rings (SSSR count). The number of hydrogen-bond donors (Lipinski definition) is 1. The lowest BCUT2D eigenvalue weighted by Gasteiger charge is -2.44. The van der Waals surface area contributed by atoms with Crippen molar-refractivity contribution < 1.29 is 28.2 Å². The number of esters is 1. The molecule has 1 aromatic rings. The summed E-state index contributed by atoms with van der Waals surface area (Å²) in [6, 6.07) is 5.85. The summed E-state index contributed by atoms with van der Waals surface area (Å²) in [4.78, 5) is 13.6. The maximum Gasteiger partial charge on any atom is 0.342 e. The lowest BCUT2D eigenvalue weighted by Crippen LogP contribution is -2.49. The zero-order chi connectivity index (χ0) is 27.8. The zero-order valence-corrected chi connectivity index (χ0v) is 26.8. The number of fused-ring (bicyclic) bond motifs is 3. The molecule has 0 radical (unpaired) electrons. The Morgan fingerprint density at radius 2 is 1.57 bits per heavy atom. The highest BCUT2D eigenvalue weighted by molar-refractivity contribution is 6.75. The number of ether oxygens (including phenoxy) is 2. The van der Waals surface area contributed by atoms with Gasteiger partial charge in [-0.05, 0) is 67.2 Å². The summed E-state index contributed by atoms with van der Waals surface area (Å²) in [6.45, 7) is 22.3. The van der Waals surface area contributed by atoms with Crippen molar-refractivity contribution in [1.29, 1.82) is 0 Å². The van der Waals surface area contributed by atoms with Gasteiger partial charge in [0.2, 0.25) is 0 Å². The molecule has 1 aromatic carbocycles. The van der Waals surface area contributed by atoms with Crippen molar-refractivity contribution in [2.24, 2.45) is 0 Å². The van der Waals surface area contributed by atoms with Crippen molar-refractivity contribution in [2.75, 3.05) is 6.61 Å². The van der Waals surface area contributed by atoms with Crippen LogP contribution >= 0.6 is 0 Å². The predicted octanol–water partition coefficient (Wildman–Crippen LogP) is 6.86. The fourth-order valence-corrected chi connectivity index (χ4v) is 7.05. The summed E-state index contributed by atoms with van der Waals surface area (Å²) < 4.78 is 26.1. The third-order valence-corrected chi connectivity index (χ3v) is 17.8. The van der Waals surface area contributed by atoms with Gasteiger partial charge in [-0.1, -0.05) is 53.7 Å². The highest BCUT2D eigenvalue weighted by Gasteiger charge is 2.43. The average Bonchev–Trinajstić information content (AvgIpc) is 2.71. The van der Waals surface area contributed by atoms with Gasteiger partial charge in [0.25, 0.3) is 8.32 Å². The maximum atomic E-state index is 13.6. The van der Waals surface area contributed by atoms with E-state index < -0.39 is 22.7 Å². The van der Waals surface area contributed by atoms with Crippen molar-refractivity contribution in [2.45, 2.75) is 134 Å². The van der Waals surface area contributed by atoms with Crippen LogP contribution in [0.15, 0.2) is 18.2 Å². The molecular weight excluding hydrogens is 500 g/mol. The number of rotatable bonds is 6. The minimum atomic E-state index is -2.19. The van der Waals surface area contributed by atoms with E-state index >= 15 is 0 Å². The molecule has 210 valence electrons. The Hall–Kier alpha value is -1.20. The fourth-order valence-electron chi connectivity index (χ4n) is 4.65. The van der Waals surface area contributed by atoms with Crippen LogP contribution in [0.1, 0.15) is 83.1 Å². The van der Waals surface area contributed by atoms with Gasteiger partial charge in [0.1, 0.15) is 17.4 Å². The molecule has 0 unspecified atom stereocenters. The van der Waals surface area contributed by atoms with Gasteiger partial charge >= 0.3 is 5.97 Å². The van der Waals surface area contributed by atoms with Crippen LogP contribution in [0.5, 0.6) is 5.75 Å². The Morgan fingerprint density at radius 1 is 0.946 bits per heavy atom. The van der Waals surface area contributed by atoms with Gasteiger partial charge in [0.05, 0.1) is 12.2 Å². The van der Waals surface area contributed by atoms with Gasteiger partial charge in [-0.15, -0.1) is 0 Å². The SMILES string of the molecule is CC(C)(C)[Si](C)(C)Oc1cccc2c1C(=O)O[C@@H](CCO)C[C@H]1C[C@H](O[Si](C)(C)C(C)(C)C)C[C@H](C2)O1. The molecule has 6 nitrogen and oxygen atoms in total. The molecule has 2 bridgehead atoms. The number of aliphatic hydroxyl groups is 1. The molecule has 4 atom stereocenters. The fraction of sp³-hybridized carbons (Fsp3) is 0.759. The topological polar surface area (TPSA) is 74.2 Å². The van der Waals surface area contributed by atoms with Crippen LogP contribution in [-0.2, 0) is 20.3 Å². The molecule has 0 spiro atoms. The summed E-state index contributed by atoms with van der Waals surface area (Å²) >= 11 is 0. The first kappa shape index (κ1) is 30.3. The Kier molecular flexibility index (Phi) is 9.12. The van der Waals surface area contributed by atoms with Crippen molar-refractivity contribution >= 4 is 22.6 Å². The standard InChI is InChI=1S/C29H50O6Si2/c1-28(2,3)36(7,8)34-24-18-22-16-20-12-11-13-25(35-37(9,10)29(4,5)6)26(20)27(31)33-21(14-15-30)17-23(19-24)32-22/h11-13,21-24,30H,14-19H2,1-10H3/t21-,22-,23-,24+/m0/s1. The van der Waals surface area contributed by atoms with Crippen molar-refractivity contribution in [1.82, 2.24) is 0 Å². The molecule has 0 aliphatic carbocycles. The van der Waals surface area contributed by atoms with Gasteiger partial charge in [-0.25, -0.2) is 4.79 Å². The van der Waals surface area contributed by atoms with E-state index in [1.54, 1.807) is 0 Å². The summed E-state index contributed by atoms with van der Waals surface area (Å²) in [5.41, 5.74) is 1.40. The Morgan fingerprint density at radius 3 is 2.16 bits per heavy atom. The molecule has 8 heteroatoms. The third-order valence-electron chi connectivity index (χ3n) is 8.89. The Bertz CT molecular complexity index is 947. The van der Waals surface area contributed by atoms with Crippen LogP contribution in [0.2, 0.25) is 36.3 Å². The van der Waals surface area contributed by atoms with E-state index in [-0.39, 0.29) is 41.0 Å². The van der Waals surface area contributed by atoms with Gasteiger partial charge < -0.3 is 23.4 Å². The Balaban J connectivity index is 1.99. The first-order valence-electron chi connectivity index (χ1n) is 13.9.